The van der Waals surface area contributed by atoms with Crippen LogP contribution in [0.4, 0.5) is 10.5 Å². The summed E-state index contributed by atoms with van der Waals surface area (Å²) in [5.41, 5.74) is 0.728. The monoisotopic (exact) mass is 490 g/mol. The minimum absolute atomic E-state index is 0.252. The molecule has 0 spiro atoms. The van der Waals surface area contributed by atoms with Crippen LogP contribution in [0.15, 0.2) is 42.5 Å². The molecule has 10 heteroatoms. The summed E-state index contributed by atoms with van der Waals surface area (Å²) in [6, 6.07) is 11.5. The van der Waals surface area contributed by atoms with Gasteiger partial charge in [-0.3, -0.25) is 19.4 Å². The van der Waals surface area contributed by atoms with Crippen LogP contribution in [-0.4, -0.2) is 60.5 Å². The lowest BCUT2D eigenvalue weighted by molar-refractivity contribution is -0.133. The van der Waals surface area contributed by atoms with Gasteiger partial charge in [0.1, 0.15) is 12.1 Å². The van der Waals surface area contributed by atoms with E-state index in [-0.39, 0.29) is 5.02 Å². The van der Waals surface area contributed by atoms with E-state index in [9.17, 15) is 14.4 Å². The summed E-state index contributed by atoms with van der Waals surface area (Å²) < 4.78 is 5.36. The number of rotatable bonds is 6. The van der Waals surface area contributed by atoms with Gasteiger partial charge in [-0.25, -0.2) is 4.79 Å². The molecule has 33 heavy (non-hydrogen) atoms. The third kappa shape index (κ3) is 5.14. The Labute approximate surface area is 201 Å². The van der Waals surface area contributed by atoms with E-state index in [4.69, 9.17) is 27.9 Å². The van der Waals surface area contributed by atoms with Crippen LogP contribution in [0.3, 0.4) is 0 Å². The van der Waals surface area contributed by atoms with Crippen molar-refractivity contribution in [2.24, 2.45) is 0 Å². The molecular formula is C23H24Cl2N4O4. The van der Waals surface area contributed by atoms with Crippen molar-refractivity contribution in [1.29, 1.82) is 0 Å². The van der Waals surface area contributed by atoms with E-state index >= 15 is 0 Å². The standard InChI is InChI=1S/C23H24Cl2N4O4/c1-23(18-7-4-16(24)12-19(18)25)21(31)29(22(32)27-23)14-20(30)26-17-5-2-15(3-6-17)13-28-8-10-33-11-9-28/h2-7,12H,8-11,13-14H2,1H3,(H,26,30)(H,27,32). The Hall–Kier alpha value is -2.65. The lowest BCUT2D eigenvalue weighted by Crippen LogP contribution is -2.42. The van der Waals surface area contributed by atoms with E-state index in [1.54, 1.807) is 31.2 Å². The van der Waals surface area contributed by atoms with Gasteiger partial charge in [0.2, 0.25) is 5.91 Å². The average Bonchev–Trinajstić information content (AvgIpc) is 2.99. The quantitative estimate of drug-likeness (QED) is 0.606. The lowest BCUT2D eigenvalue weighted by Gasteiger charge is -2.26. The number of urea groups is 1. The molecule has 2 aromatic rings. The molecule has 2 aliphatic heterocycles. The number of amides is 4. The molecule has 2 fully saturated rings. The predicted octanol–water partition coefficient (Wildman–Crippen LogP) is 3.23. The Kier molecular flexibility index (Phi) is 6.90. The summed E-state index contributed by atoms with van der Waals surface area (Å²) in [5.74, 6) is -1.04. The fraction of sp³-hybridized carbons (Fsp3) is 0.348. The third-order valence-electron chi connectivity index (χ3n) is 5.79. The zero-order valence-electron chi connectivity index (χ0n) is 18.1. The fourth-order valence-corrected chi connectivity index (χ4v) is 4.57. The zero-order chi connectivity index (χ0) is 23.6. The van der Waals surface area contributed by atoms with E-state index in [1.165, 1.54) is 6.07 Å². The molecule has 0 aromatic heterocycles. The molecule has 0 aliphatic carbocycles. The lowest BCUT2D eigenvalue weighted by atomic mass is 9.92. The Morgan fingerprint density at radius 2 is 1.82 bits per heavy atom. The minimum Gasteiger partial charge on any atom is -0.379 e. The Balaban J connectivity index is 1.38. The predicted molar refractivity (Wildman–Crippen MR) is 125 cm³/mol. The first-order valence-electron chi connectivity index (χ1n) is 10.5. The number of halogens is 2. The van der Waals surface area contributed by atoms with Crippen molar-refractivity contribution in [2.75, 3.05) is 38.2 Å². The number of hydrogen-bond donors (Lipinski definition) is 2. The summed E-state index contributed by atoms with van der Waals surface area (Å²) in [6.45, 7) is 5.20. The molecule has 0 radical (unpaired) electrons. The van der Waals surface area contributed by atoms with Crippen molar-refractivity contribution in [2.45, 2.75) is 19.0 Å². The summed E-state index contributed by atoms with van der Waals surface area (Å²) in [4.78, 5) is 41.3. The van der Waals surface area contributed by atoms with Gasteiger partial charge in [-0.15, -0.1) is 0 Å². The third-order valence-corrected chi connectivity index (χ3v) is 6.34. The first-order chi connectivity index (χ1) is 15.8. The van der Waals surface area contributed by atoms with Gasteiger partial charge in [-0.1, -0.05) is 41.4 Å². The molecule has 2 aliphatic rings. The van der Waals surface area contributed by atoms with Gasteiger partial charge < -0.3 is 15.4 Å². The maximum absolute atomic E-state index is 13.1. The van der Waals surface area contributed by atoms with Crippen LogP contribution in [0.2, 0.25) is 10.0 Å². The van der Waals surface area contributed by atoms with Crippen LogP contribution in [0.25, 0.3) is 0 Å². The molecule has 0 saturated carbocycles. The van der Waals surface area contributed by atoms with Gasteiger partial charge in [0.15, 0.2) is 0 Å². The number of nitrogens with zero attached hydrogens (tertiary/aromatic N) is 2. The highest BCUT2D eigenvalue weighted by Crippen LogP contribution is 2.34. The molecule has 4 amide bonds. The second-order valence-electron chi connectivity index (χ2n) is 8.20. The van der Waals surface area contributed by atoms with Crippen LogP contribution in [0.1, 0.15) is 18.1 Å². The van der Waals surface area contributed by atoms with Crippen molar-refractivity contribution in [3.63, 3.8) is 0 Å². The number of imide groups is 1. The maximum atomic E-state index is 13.1. The van der Waals surface area contributed by atoms with Crippen molar-refractivity contribution in [3.8, 4) is 0 Å². The molecular weight excluding hydrogens is 467 g/mol. The van der Waals surface area contributed by atoms with Gasteiger partial charge in [0.05, 0.1) is 13.2 Å². The topological polar surface area (TPSA) is 91.0 Å². The molecule has 2 aromatic carbocycles. The van der Waals surface area contributed by atoms with Crippen LogP contribution in [0, 0.1) is 0 Å². The van der Waals surface area contributed by atoms with E-state index in [2.05, 4.69) is 15.5 Å². The average molecular weight is 491 g/mol. The number of carbonyl (C=O) groups is 3. The minimum atomic E-state index is -1.39. The number of morpholine rings is 1. The van der Waals surface area contributed by atoms with Crippen molar-refractivity contribution >= 4 is 46.7 Å². The number of benzene rings is 2. The zero-order valence-corrected chi connectivity index (χ0v) is 19.6. The van der Waals surface area contributed by atoms with Crippen molar-refractivity contribution in [3.05, 3.63) is 63.6 Å². The highest BCUT2D eigenvalue weighted by Gasteiger charge is 2.50. The van der Waals surface area contributed by atoms with Gasteiger partial charge in [0, 0.05) is 40.9 Å². The Bertz CT molecular complexity index is 1070. The summed E-state index contributed by atoms with van der Waals surface area (Å²) in [7, 11) is 0. The van der Waals surface area contributed by atoms with Gasteiger partial charge in [-0.2, -0.15) is 0 Å². The van der Waals surface area contributed by atoms with E-state index in [0.717, 1.165) is 43.3 Å². The Morgan fingerprint density at radius 3 is 2.48 bits per heavy atom. The smallest absolute Gasteiger partial charge is 0.325 e. The maximum Gasteiger partial charge on any atom is 0.325 e. The van der Waals surface area contributed by atoms with Crippen molar-refractivity contribution in [1.82, 2.24) is 15.1 Å². The van der Waals surface area contributed by atoms with Crippen LogP contribution >= 0.6 is 23.2 Å². The first-order valence-corrected chi connectivity index (χ1v) is 11.3. The molecule has 1 atom stereocenters. The van der Waals surface area contributed by atoms with E-state index in [1.807, 2.05) is 12.1 Å². The molecule has 4 rings (SSSR count). The number of carbonyl (C=O) groups excluding carboxylic acids is 3. The number of ether oxygens (including phenoxy) is 1. The van der Waals surface area contributed by atoms with E-state index in [0.29, 0.717) is 16.3 Å². The number of nitrogens with one attached hydrogen (secondary N) is 2. The molecule has 174 valence electrons. The highest BCUT2D eigenvalue weighted by molar-refractivity contribution is 6.35. The van der Waals surface area contributed by atoms with E-state index < -0.39 is 29.9 Å². The number of anilines is 1. The second-order valence-corrected chi connectivity index (χ2v) is 9.05. The molecule has 2 saturated heterocycles. The Morgan fingerprint density at radius 1 is 1.12 bits per heavy atom. The van der Waals surface area contributed by atoms with Gasteiger partial charge in [0.25, 0.3) is 5.91 Å². The fourth-order valence-electron chi connectivity index (χ4n) is 3.97. The molecule has 2 heterocycles. The SMILES string of the molecule is CC1(c2ccc(Cl)cc2Cl)NC(=O)N(CC(=O)Nc2ccc(CN3CCOCC3)cc2)C1=O. The summed E-state index contributed by atoms with van der Waals surface area (Å²) in [5, 5.41) is 6.04. The largest absolute Gasteiger partial charge is 0.379 e. The second kappa shape index (κ2) is 9.69. The molecule has 0 bridgehead atoms. The van der Waals surface area contributed by atoms with Crippen molar-refractivity contribution < 1.29 is 19.1 Å². The molecule has 2 N–H and O–H groups in total. The summed E-state index contributed by atoms with van der Waals surface area (Å²) >= 11 is 12.2. The van der Waals surface area contributed by atoms with Crippen LogP contribution in [0.5, 0.6) is 0 Å². The summed E-state index contributed by atoms with van der Waals surface area (Å²) in [6.07, 6.45) is 0. The van der Waals surface area contributed by atoms with Crippen LogP contribution in [-0.2, 0) is 26.4 Å². The first kappa shape index (κ1) is 23.5. The van der Waals surface area contributed by atoms with Crippen LogP contribution < -0.4 is 10.6 Å². The van der Waals surface area contributed by atoms with Gasteiger partial charge >= 0.3 is 6.03 Å². The van der Waals surface area contributed by atoms with Gasteiger partial charge in [-0.05, 0) is 36.8 Å². The number of hydrogen-bond acceptors (Lipinski definition) is 5. The molecule has 1 unspecified atom stereocenters. The highest BCUT2D eigenvalue weighted by atomic mass is 35.5. The normalized spacial score (nSPS) is 21.2. The molecule has 8 nitrogen and oxygen atoms in total.